The van der Waals surface area contributed by atoms with Gasteiger partial charge in [0.25, 0.3) is 0 Å². The lowest BCUT2D eigenvalue weighted by Crippen LogP contribution is -2.28. The Kier molecular flexibility index (Phi) is 4.96. The molecule has 0 spiro atoms. The van der Waals surface area contributed by atoms with Crippen LogP contribution in [0, 0.1) is 13.8 Å². The van der Waals surface area contributed by atoms with Crippen LogP contribution in [0.4, 0.5) is 11.8 Å². The predicted octanol–water partition coefficient (Wildman–Crippen LogP) is 3.33. The molecule has 0 saturated carbocycles. The second-order valence-electron chi connectivity index (χ2n) is 7.45. The van der Waals surface area contributed by atoms with Crippen molar-refractivity contribution in [3.8, 4) is 22.6 Å². The highest BCUT2D eigenvalue weighted by Gasteiger charge is 2.23. The van der Waals surface area contributed by atoms with E-state index in [-0.39, 0.29) is 5.75 Å². The topological polar surface area (TPSA) is 74.6 Å². The van der Waals surface area contributed by atoms with Crippen LogP contribution in [-0.4, -0.2) is 47.3 Å². The number of aromatic hydroxyl groups is 1. The lowest BCUT2D eigenvalue weighted by Gasteiger charge is -2.25. The number of aromatic nitrogens is 3. The SMILES string of the molecule is Cc1nc(N(C)C)nc(N2CCOc3c(O)cc(-c4cccnc4)cc3C2)c1C. The van der Waals surface area contributed by atoms with Crippen LogP contribution in [0.25, 0.3) is 11.1 Å². The van der Waals surface area contributed by atoms with E-state index in [0.29, 0.717) is 31.4 Å². The summed E-state index contributed by atoms with van der Waals surface area (Å²) in [5.41, 5.74) is 4.78. The summed E-state index contributed by atoms with van der Waals surface area (Å²) in [4.78, 5) is 17.6. The van der Waals surface area contributed by atoms with Gasteiger partial charge >= 0.3 is 0 Å². The van der Waals surface area contributed by atoms with Crippen molar-refractivity contribution in [3.63, 3.8) is 0 Å². The van der Waals surface area contributed by atoms with Crippen molar-refractivity contribution in [1.29, 1.82) is 0 Å². The molecular weight excluding hydrogens is 366 g/mol. The van der Waals surface area contributed by atoms with Gasteiger partial charge in [-0.1, -0.05) is 6.07 Å². The normalized spacial score (nSPS) is 13.4. The van der Waals surface area contributed by atoms with E-state index in [0.717, 1.165) is 33.8 Å². The molecular formula is C22H25N5O2. The van der Waals surface area contributed by atoms with E-state index in [2.05, 4.69) is 20.9 Å². The van der Waals surface area contributed by atoms with Crippen LogP contribution in [0.1, 0.15) is 16.8 Å². The molecule has 3 heterocycles. The first-order chi connectivity index (χ1) is 13.9. The van der Waals surface area contributed by atoms with Gasteiger partial charge < -0.3 is 19.6 Å². The molecule has 7 heteroatoms. The van der Waals surface area contributed by atoms with E-state index in [1.807, 2.05) is 45.0 Å². The molecule has 0 fully saturated rings. The Balaban J connectivity index is 1.76. The summed E-state index contributed by atoms with van der Waals surface area (Å²) in [6.45, 7) is 5.76. The van der Waals surface area contributed by atoms with Gasteiger partial charge in [-0.05, 0) is 37.6 Å². The largest absolute Gasteiger partial charge is 0.504 e. The van der Waals surface area contributed by atoms with E-state index >= 15 is 0 Å². The summed E-state index contributed by atoms with van der Waals surface area (Å²) >= 11 is 0. The maximum atomic E-state index is 10.6. The highest BCUT2D eigenvalue weighted by Crippen LogP contribution is 2.38. The smallest absolute Gasteiger partial charge is 0.227 e. The van der Waals surface area contributed by atoms with Gasteiger partial charge in [0.05, 0.1) is 6.54 Å². The fourth-order valence-electron chi connectivity index (χ4n) is 3.49. The number of phenolic OH excluding ortho intramolecular Hbond substituents is 1. The second kappa shape index (κ2) is 7.58. The number of pyridine rings is 1. The predicted molar refractivity (Wildman–Crippen MR) is 114 cm³/mol. The van der Waals surface area contributed by atoms with Crippen LogP contribution in [-0.2, 0) is 6.54 Å². The number of hydrogen-bond donors (Lipinski definition) is 1. The second-order valence-corrected chi connectivity index (χ2v) is 7.45. The van der Waals surface area contributed by atoms with Crippen LogP contribution in [0.2, 0.25) is 0 Å². The number of benzene rings is 1. The Morgan fingerprint density at radius 2 is 1.97 bits per heavy atom. The third-order valence-electron chi connectivity index (χ3n) is 5.16. The first-order valence-corrected chi connectivity index (χ1v) is 9.60. The van der Waals surface area contributed by atoms with Crippen LogP contribution in [0.15, 0.2) is 36.7 Å². The molecule has 0 amide bonds. The van der Waals surface area contributed by atoms with Crippen LogP contribution < -0.4 is 14.5 Å². The lowest BCUT2D eigenvalue weighted by atomic mass is 10.0. The van der Waals surface area contributed by atoms with Crippen molar-refractivity contribution in [2.24, 2.45) is 0 Å². The average molecular weight is 391 g/mol. The Morgan fingerprint density at radius 3 is 2.69 bits per heavy atom. The molecule has 1 aliphatic rings. The van der Waals surface area contributed by atoms with Crippen LogP contribution in [0.3, 0.4) is 0 Å². The van der Waals surface area contributed by atoms with Gasteiger partial charge in [0.1, 0.15) is 12.4 Å². The number of phenols is 1. The van der Waals surface area contributed by atoms with Crippen molar-refractivity contribution in [2.45, 2.75) is 20.4 Å². The number of anilines is 2. The number of rotatable bonds is 3. The molecule has 4 rings (SSSR count). The minimum absolute atomic E-state index is 0.146. The van der Waals surface area contributed by atoms with Crippen molar-refractivity contribution < 1.29 is 9.84 Å². The van der Waals surface area contributed by atoms with E-state index in [9.17, 15) is 5.11 Å². The molecule has 7 nitrogen and oxygen atoms in total. The van der Waals surface area contributed by atoms with E-state index in [1.54, 1.807) is 18.5 Å². The van der Waals surface area contributed by atoms with Gasteiger partial charge in [-0.2, -0.15) is 4.98 Å². The maximum absolute atomic E-state index is 10.6. The molecule has 1 N–H and O–H groups in total. The summed E-state index contributed by atoms with van der Waals surface area (Å²) in [6.07, 6.45) is 3.53. The summed E-state index contributed by atoms with van der Waals surface area (Å²) in [6, 6.07) is 7.65. The quantitative estimate of drug-likeness (QED) is 0.734. The standard InChI is InChI=1S/C22H25N5O2/c1-14-15(2)24-22(26(3)4)25-21(14)27-8-9-29-20-18(13-27)10-17(11-19(20)28)16-6-5-7-23-12-16/h5-7,10-12,28H,8-9,13H2,1-4H3. The molecule has 0 bridgehead atoms. The molecule has 1 aromatic carbocycles. The van der Waals surface area contributed by atoms with Gasteiger partial charge in [-0.15, -0.1) is 0 Å². The van der Waals surface area contributed by atoms with Crippen LogP contribution >= 0.6 is 0 Å². The Bertz CT molecular complexity index is 1040. The molecule has 1 aliphatic heterocycles. The van der Waals surface area contributed by atoms with Gasteiger partial charge in [-0.25, -0.2) is 4.98 Å². The summed E-state index contributed by atoms with van der Waals surface area (Å²) in [5, 5.41) is 10.6. The maximum Gasteiger partial charge on any atom is 0.227 e. The highest BCUT2D eigenvalue weighted by atomic mass is 16.5. The van der Waals surface area contributed by atoms with Crippen molar-refractivity contribution in [1.82, 2.24) is 15.0 Å². The van der Waals surface area contributed by atoms with E-state index in [1.165, 1.54) is 0 Å². The molecule has 0 aliphatic carbocycles. The van der Waals surface area contributed by atoms with E-state index < -0.39 is 0 Å². The van der Waals surface area contributed by atoms with Gasteiger partial charge in [-0.3, -0.25) is 4.98 Å². The molecule has 0 atom stereocenters. The first-order valence-electron chi connectivity index (χ1n) is 9.60. The number of nitrogens with zero attached hydrogens (tertiary/aromatic N) is 5. The van der Waals surface area contributed by atoms with Crippen LogP contribution in [0.5, 0.6) is 11.5 Å². The fraction of sp³-hybridized carbons (Fsp3) is 0.318. The Hall–Kier alpha value is -3.35. The zero-order chi connectivity index (χ0) is 20.5. The number of hydrogen-bond acceptors (Lipinski definition) is 7. The summed E-state index contributed by atoms with van der Waals surface area (Å²) in [5.74, 6) is 2.26. The average Bonchev–Trinajstić information content (AvgIpc) is 2.93. The molecule has 3 aromatic rings. The van der Waals surface area contributed by atoms with Crippen molar-refractivity contribution >= 4 is 11.8 Å². The van der Waals surface area contributed by atoms with Gasteiger partial charge in [0.15, 0.2) is 11.5 Å². The molecule has 0 unspecified atom stereocenters. The van der Waals surface area contributed by atoms with Crippen molar-refractivity contribution in [3.05, 3.63) is 53.5 Å². The summed E-state index contributed by atoms with van der Waals surface area (Å²) in [7, 11) is 3.87. The number of ether oxygens (including phenoxy) is 1. The summed E-state index contributed by atoms with van der Waals surface area (Å²) < 4.78 is 5.91. The Labute approximate surface area is 170 Å². The third kappa shape index (κ3) is 3.68. The van der Waals surface area contributed by atoms with E-state index in [4.69, 9.17) is 9.72 Å². The minimum atomic E-state index is 0.146. The zero-order valence-corrected chi connectivity index (χ0v) is 17.2. The lowest BCUT2D eigenvalue weighted by molar-refractivity contribution is 0.311. The minimum Gasteiger partial charge on any atom is -0.504 e. The molecule has 150 valence electrons. The molecule has 0 saturated heterocycles. The zero-order valence-electron chi connectivity index (χ0n) is 17.2. The molecule has 29 heavy (non-hydrogen) atoms. The van der Waals surface area contributed by atoms with Crippen molar-refractivity contribution in [2.75, 3.05) is 37.0 Å². The Morgan fingerprint density at radius 1 is 1.14 bits per heavy atom. The fourth-order valence-corrected chi connectivity index (χ4v) is 3.49. The van der Waals surface area contributed by atoms with Gasteiger partial charge in [0.2, 0.25) is 5.95 Å². The number of fused-ring (bicyclic) bond motifs is 1. The first kappa shape index (κ1) is 19.0. The van der Waals surface area contributed by atoms with Gasteiger partial charge in [0, 0.05) is 55.4 Å². The monoisotopic (exact) mass is 391 g/mol. The highest BCUT2D eigenvalue weighted by molar-refractivity contribution is 5.69. The third-order valence-corrected chi connectivity index (χ3v) is 5.16. The number of aryl methyl sites for hydroxylation is 1. The molecule has 0 radical (unpaired) electrons. The molecule has 2 aromatic heterocycles.